The second-order valence-corrected chi connectivity index (χ2v) is 15.9. The van der Waals surface area contributed by atoms with E-state index in [-0.39, 0.29) is 0 Å². The van der Waals surface area contributed by atoms with Crippen LogP contribution in [0.3, 0.4) is 0 Å². The molecule has 0 aliphatic rings. The van der Waals surface area contributed by atoms with Crippen LogP contribution in [-0.4, -0.2) is 14.5 Å². The molecule has 0 bridgehead atoms. The molecule has 3 nitrogen and oxygen atoms in total. The van der Waals surface area contributed by atoms with Gasteiger partial charge in [-0.15, -0.1) is 11.3 Å². The number of rotatable bonds is 3. The van der Waals surface area contributed by atoms with Gasteiger partial charge in [-0.25, -0.2) is 9.97 Å². The van der Waals surface area contributed by atoms with Gasteiger partial charge in [-0.1, -0.05) is 146 Å². The third-order valence-corrected chi connectivity index (χ3v) is 13.1. The normalized spacial score (nSPS) is 12.3. The number of fused-ring (bicyclic) bond motifs is 11. The molecule has 0 aliphatic heterocycles. The molecule has 0 saturated carbocycles. The molecular formula is C52H29N3S. The summed E-state index contributed by atoms with van der Waals surface area (Å²) in [6.07, 6.45) is 0. The molecule has 56 heavy (non-hydrogen) atoms. The molecule has 0 atom stereocenters. The lowest BCUT2D eigenvalue weighted by molar-refractivity contribution is 1.01. The predicted molar refractivity (Wildman–Crippen MR) is 239 cm³/mol. The van der Waals surface area contributed by atoms with Gasteiger partial charge in [0.25, 0.3) is 0 Å². The highest BCUT2D eigenvalue weighted by Gasteiger charge is 2.23. The van der Waals surface area contributed by atoms with E-state index in [9.17, 15) is 0 Å². The van der Waals surface area contributed by atoms with E-state index in [1.165, 1.54) is 85.2 Å². The van der Waals surface area contributed by atoms with E-state index in [0.29, 0.717) is 5.95 Å². The number of nitrogens with zero attached hydrogens (tertiary/aromatic N) is 3. The summed E-state index contributed by atoms with van der Waals surface area (Å²) in [5.74, 6) is 0.668. The lowest BCUT2D eigenvalue weighted by atomic mass is 9.87. The van der Waals surface area contributed by atoms with E-state index in [2.05, 4.69) is 180 Å². The van der Waals surface area contributed by atoms with Gasteiger partial charge in [0.1, 0.15) is 0 Å². The fourth-order valence-electron chi connectivity index (χ4n) is 9.56. The van der Waals surface area contributed by atoms with E-state index in [1.807, 2.05) is 11.3 Å². The predicted octanol–water partition coefficient (Wildman–Crippen LogP) is 14.5. The molecule has 13 aromatic rings. The van der Waals surface area contributed by atoms with Crippen molar-refractivity contribution >= 4 is 107 Å². The van der Waals surface area contributed by atoms with E-state index < -0.39 is 0 Å². The first-order valence-electron chi connectivity index (χ1n) is 19.1. The maximum Gasteiger partial charge on any atom is 0.235 e. The summed E-state index contributed by atoms with van der Waals surface area (Å²) in [6, 6.07) is 63.9. The summed E-state index contributed by atoms with van der Waals surface area (Å²) in [5.41, 5.74) is 7.48. The van der Waals surface area contributed by atoms with Crippen LogP contribution in [0.2, 0.25) is 0 Å². The minimum absolute atomic E-state index is 0.668. The molecule has 3 aromatic heterocycles. The monoisotopic (exact) mass is 727 g/mol. The minimum Gasteiger partial charge on any atom is -0.278 e. The van der Waals surface area contributed by atoms with Crippen molar-refractivity contribution in [2.45, 2.75) is 0 Å². The number of aromatic nitrogens is 3. The average molecular weight is 728 g/mol. The molecule has 3 heterocycles. The average Bonchev–Trinajstić information content (AvgIpc) is 3.81. The lowest BCUT2D eigenvalue weighted by Crippen LogP contribution is -2.03. The molecule has 0 spiro atoms. The fourth-order valence-corrected chi connectivity index (χ4v) is 10.7. The van der Waals surface area contributed by atoms with Crippen LogP contribution in [0.15, 0.2) is 176 Å². The maximum absolute atomic E-state index is 5.48. The Kier molecular flexibility index (Phi) is 6.04. The first-order chi connectivity index (χ1) is 27.8. The summed E-state index contributed by atoms with van der Waals surface area (Å²) in [6.45, 7) is 0. The van der Waals surface area contributed by atoms with Crippen molar-refractivity contribution in [1.82, 2.24) is 14.5 Å². The Balaban J connectivity index is 1.15. The van der Waals surface area contributed by atoms with Gasteiger partial charge in [-0.05, 0) is 84.5 Å². The zero-order valence-corrected chi connectivity index (χ0v) is 30.8. The van der Waals surface area contributed by atoms with Gasteiger partial charge in [-0.2, -0.15) is 0 Å². The quantitative estimate of drug-likeness (QED) is 0.134. The Hall–Kier alpha value is -7.14. The number of hydrogen-bond donors (Lipinski definition) is 0. The fraction of sp³-hybridized carbons (Fsp3) is 0. The molecule has 0 amide bonds. The second-order valence-electron chi connectivity index (χ2n) is 14.9. The molecule has 258 valence electrons. The highest BCUT2D eigenvalue weighted by atomic mass is 32.1. The standard InChI is InChI=1S/C52H29N3S/c1-2-12-30(13-3-1)31-24-26-32(27-25-31)51-35-14-4-7-21-42(35)53-52(54-51)55-43-22-8-5-15-36(43)49-38-19-10-17-33-34-18-11-20-39-48(34)41(40(47(33)38)28-44(49)55)29-46-50(39)37-16-6-9-23-45(37)56-46/h1-29H. The van der Waals surface area contributed by atoms with Crippen LogP contribution in [0.25, 0.3) is 124 Å². The van der Waals surface area contributed by atoms with Gasteiger partial charge in [0.05, 0.1) is 22.2 Å². The third kappa shape index (κ3) is 4.06. The number of para-hydroxylation sites is 2. The zero-order chi connectivity index (χ0) is 36.5. The summed E-state index contributed by atoms with van der Waals surface area (Å²) < 4.78 is 4.94. The molecule has 0 fully saturated rings. The van der Waals surface area contributed by atoms with Gasteiger partial charge in [0.2, 0.25) is 5.95 Å². The Bertz CT molecular complexity index is 3750. The molecule has 0 unspecified atom stereocenters. The molecule has 0 radical (unpaired) electrons. The first-order valence-corrected chi connectivity index (χ1v) is 19.9. The van der Waals surface area contributed by atoms with Crippen LogP contribution >= 0.6 is 11.3 Å². The topological polar surface area (TPSA) is 30.7 Å². The van der Waals surface area contributed by atoms with Crippen LogP contribution in [0, 0.1) is 0 Å². The van der Waals surface area contributed by atoms with E-state index in [0.717, 1.165) is 33.2 Å². The van der Waals surface area contributed by atoms with Crippen molar-refractivity contribution in [2.24, 2.45) is 0 Å². The maximum atomic E-state index is 5.48. The van der Waals surface area contributed by atoms with Crippen molar-refractivity contribution < 1.29 is 0 Å². The summed E-state index contributed by atoms with van der Waals surface area (Å²) in [4.78, 5) is 10.8. The van der Waals surface area contributed by atoms with Gasteiger partial charge >= 0.3 is 0 Å². The number of benzene rings is 10. The molecule has 0 saturated heterocycles. The van der Waals surface area contributed by atoms with Crippen LogP contribution in [0.5, 0.6) is 0 Å². The van der Waals surface area contributed by atoms with Crippen molar-refractivity contribution in [1.29, 1.82) is 0 Å². The summed E-state index contributed by atoms with van der Waals surface area (Å²) in [5, 5.41) is 16.5. The Morgan fingerprint density at radius 1 is 0.339 bits per heavy atom. The Labute approximate surface area is 324 Å². The van der Waals surface area contributed by atoms with Crippen molar-refractivity contribution in [3.8, 4) is 28.3 Å². The second kappa shape index (κ2) is 11.2. The molecular weight excluding hydrogens is 699 g/mol. The van der Waals surface area contributed by atoms with Crippen molar-refractivity contribution in [3.05, 3.63) is 176 Å². The van der Waals surface area contributed by atoms with Crippen LogP contribution in [-0.2, 0) is 0 Å². The van der Waals surface area contributed by atoms with Gasteiger partial charge in [0, 0.05) is 41.9 Å². The first kappa shape index (κ1) is 30.2. The van der Waals surface area contributed by atoms with Crippen molar-refractivity contribution in [2.75, 3.05) is 0 Å². The molecule has 13 rings (SSSR count). The Morgan fingerprint density at radius 3 is 1.73 bits per heavy atom. The molecule has 0 aliphatic carbocycles. The molecule has 4 heteroatoms. The van der Waals surface area contributed by atoms with Gasteiger partial charge in [0.15, 0.2) is 0 Å². The Morgan fingerprint density at radius 2 is 0.929 bits per heavy atom. The lowest BCUT2D eigenvalue weighted by Gasteiger charge is -2.17. The van der Waals surface area contributed by atoms with Gasteiger partial charge in [-0.3, -0.25) is 4.57 Å². The SMILES string of the molecule is c1ccc(-c2ccc(-c3nc(-n4c5ccccc5c5c6cccc7c8cccc9c%10c(cc(c(cc54)c76)c89)sc4ccccc4%10)nc4ccccc34)cc2)cc1. The van der Waals surface area contributed by atoms with Crippen LogP contribution in [0.4, 0.5) is 0 Å². The third-order valence-electron chi connectivity index (χ3n) is 11.9. The van der Waals surface area contributed by atoms with Crippen molar-refractivity contribution in [3.63, 3.8) is 0 Å². The highest BCUT2D eigenvalue weighted by molar-refractivity contribution is 7.26. The summed E-state index contributed by atoms with van der Waals surface area (Å²) >= 11 is 1.89. The summed E-state index contributed by atoms with van der Waals surface area (Å²) in [7, 11) is 0. The minimum atomic E-state index is 0.668. The van der Waals surface area contributed by atoms with E-state index >= 15 is 0 Å². The largest absolute Gasteiger partial charge is 0.278 e. The number of hydrogen-bond acceptors (Lipinski definition) is 3. The molecule has 0 N–H and O–H groups in total. The number of thiophene rings is 1. The smallest absolute Gasteiger partial charge is 0.235 e. The van der Waals surface area contributed by atoms with Crippen LogP contribution in [0.1, 0.15) is 0 Å². The van der Waals surface area contributed by atoms with Crippen LogP contribution < -0.4 is 0 Å². The molecule has 10 aromatic carbocycles. The highest BCUT2D eigenvalue weighted by Crippen LogP contribution is 2.49. The van der Waals surface area contributed by atoms with E-state index in [4.69, 9.17) is 9.97 Å². The van der Waals surface area contributed by atoms with E-state index in [1.54, 1.807) is 0 Å². The van der Waals surface area contributed by atoms with Gasteiger partial charge < -0.3 is 0 Å². The zero-order valence-electron chi connectivity index (χ0n) is 30.0.